The lowest BCUT2D eigenvalue weighted by Crippen LogP contribution is -2.54. The predicted octanol–water partition coefficient (Wildman–Crippen LogP) is 3.01. The smallest absolute Gasteiger partial charge is 0.254 e. The SMILES string of the molecule is COc1ccc(COC2CN(C(=O)c3cccc(F)c3)C2)cc1F. The largest absolute Gasteiger partial charge is 0.494 e. The molecule has 0 N–H and O–H groups in total. The van der Waals surface area contributed by atoms with Crippen molar-refractivity contribution in [3.8, 4) is 5.75 Å². The first kappa shape index (κ1) is 16.4. The summed E-state index contributed by atoms with van der Waals surface area (Å²) in [5.41, 5.74) is 1.02. The molecule has 24 heavy (non-hydrogen) atoms. The van der Waals surface area contributed by atoms with Crippen LogP contribution in [0.1, 0.15) is 15.9 Å². The molecule has 0 spiro atoms. The van der Waals surface area contributed by atoms with Crippen LogP contribution in [0.2, 0.25) is 0 Å². The van der Waals surface area contributed by atoms with Crippen molar-refractivity contribution in [3.05, 3.63) is 65.2 Å². The van der Waals surface area contributed by atoms with Crippen LogP contribution in [-0.2, 0) is 11.3 Å². The lowest BCUT2D eigenvalue weighted by Gasteiger charge is -2.39. The quantitative estimate of drug-likeness (QED) is 0.844. The van der Waals surface area contributed by atoms with Crippen molar-refractivity contribution in [2.45, 2.75) is 12.7 Å². The summed E-state index contributed by atoms with van der Waals surface area (Å²) in [4.78, 5) is 13.7. The molecule has 0 aromatic heterocycles. The Balaban J connectivity index is 1.49. The van der Waals surface area contributed by atoms with E-state index in [1.54, 1.807) is 23.1 Å². The Bertz CT molecular complexity index is 745. The number of nitrogens with zero attached hydrogens (tertiary/aromatic N) is 1. The molecular formula is C18H17F2NO3. The average molecular weight is 333 g/mol. The van der Waals surface area contributed by atoms with Crippen LogP contribution in [0.5, 0.6) is 5.75 Å². The maximum atomic E-state index is 13.6. The van der Waals surface area contributed by atoms with E-state index in [2.05, 4.69) is 0 Å². The lowest BCUT2D eigenvalue weighted by molar-refractivity contribution is -0.0503. The average Bonchev–Trinajstić information content (AvgIpc) is 2.53. The molecule has 6 heteroatoms. The van der Waals surface area contributed by atoms with Crippen LogP contribution in [0.15, 0.2) is 42.5 Å². The number of likely N-dealkylation sites (tertiary alicyclic amines) is 1. The van der Waals surface area contributed by atoms with Gasteiger partial charge in [0.2, 0.25) is 0 Å². The zero-order valence-corrected chi connectivity index (χ0v) is 13.2. The molecule has 2 aromatic carbocycles. The molecule has 0 saturated carbocycles. The molecule has 0 aliphatic carbocycles. The second-order valence-corrected chi connectivity index (χ2v) is 5.62. The van der Waals surface area contributed by atoms with Gasteiger partial charge in [0.05, 0.1) is 19.8 Å². The van der Waals surface area contributed by atoms with Gasteiger partial charge in [0.25, 0.3) is 5.91 Å². The Morgan fingerprint density at radius 1 is 1.21 bits per heavy atom. The van der Waals surface area contributed by atoms with Crippen LogP contribution in [0.4, 0.5) is 8.78 Å². The molecule has 1 heterocycles. The van der Waals surface area contributed by atoms with Crippen LogP contribution in [0, 0.1) is 11.6 Å². The van der Waals surface area contributed by atoms with E-state index in [9.17, 15) is 13.6 Å². The molecule has 1 aliphatic rings. The second kappa shape index (κ2) is 6.97. The van der Waals surface area contributed by atoms with Crippen molar-refractivity contribution in [1.82, 2.24) is 4.90 Å². The van der Waals surface area contributed by atoms with Gasteiger partial charge < -0.3 is 14.4 Å². The Hall–Kier alpha value is -2.47. The third-order valence-corrected chi connectivity index (χ3v) is 3.91. The summed E-state index contributed by atoms with van der Waals surface area (Å²) in [5, 5.41) is 0. The fourth-order valence-electron chi connectivity index (χ4n) is 2.53. The first-order valence-electron chi connectivity index (χ1n) is 7.55. The van der Waals surface area contributed by atoms with Gasteiger partial charge in [-0.2, -0.15) is 0 Å². The van der Waals surface area contributed by atoms with Gasteiger partial charge >= 0.3 is 0 Å². The van der Waals surface area contributed by atoms with E-state index in [1.807, 2.05) is 0 Å². The molecule has 1 saturated heterocycles. The molecular weight excluding hydrogens is 316 g/mol. The summed E-state index contributed by atoms with van der Waals surface area (Å²) in [6.45, 7) is 1.13. The van der Waals surface area contributed by atoms with Gasteiger partial charge in [-0.05, 0) is 35.9 Å². The fraction of sp³-hybridized carbons (Fsp3) is 0.278. The zero-order chi connectivity index (χ0) is 17.1. The number of ether oxygens (including phenoxy) is 2. The molecule has 0 atom stereocenters. The Morgan fingerprint density at radius 2 is 2.00 bits per heavy atom. The number of amides is 1. The van der Waals surface area contributed by atoms with Gasteiger partial charge in [-0.1, -0.05) is 12.1 Å². The lowest BCUT2D eigenvalue weighted by atomic mass is 10.1. The number of carbonyl (C=O) groups excluding carboxylic acids is 1. The number of hydrogen-bond acceptors (Lipinski definition) is 3. The minimum Gasteiger partial charge on any atom is -0.494 e. The summed E-state index contributed by atoms with van der Waals surface area (Å²) >= 11 is 0. The van der Waals surface area contributed by atoms with Gasteiger partial charge in [-0.25, -0.2) is 8.78 Å². The van der Waals surface area contributed by atoms with Crippen molar-refractivity contribution in [1.29, 1.82) is 0 Å². The number of benzene rings is 2. The second-order valence-electron chi connectivity index (χ2n) is 5.62. The van der Waals surface area contributed by atoms with Crippen molar-refractivity contribution >= 4 is 5.91 Å². The highest BCUT2D eigenvalue weighted by atomic mass is 19.1. The number of methoxy groups -OCH3 is 1. The van der Waals surface area contributed by atoms with Gasteiger partial charge in [-0.3, -0.25) is 4.79 Å². The molecule has 0 bridgehead atoms. The summed E-state index contributed by atoms with van der Waals surface area (Å²) < 4.78 is 37.3. The van der Waals surface area contributed by atoms with Gasteiger partial charge in [-0.15, -0.1) is 0 Å². The summed E-state index contributed by atoms with van der Waals surface area (Å²) in [7, 11) is 1.41. The first-order chi connectivity index (χ1) is 11.6. The number of halogens is 2. The van der Waals surface area contributed by atoms with E-state index in [4.69, 9.17) is 9.47 Å². The zero-order valence-electron chi connectivity index (χ0n) is 13.2. The fourth-order valence-corrected chi connectivity index (χ4v) is 2.53. The number of rotatable bonds is 5. The predicted molar refractivity (Wildman–Crippen MR) is 83.8 cm³/mol. The van der Waals surface area contributed by atoms with E-state index in [0.717, 1.165) is 0 Å². The minimum absolute atomic E-state index is 0.104. The van der Waals surface area contributed by atoms with Crippen LogP contribution in [0.3, 0.4) is 0 Å². The van der Waals surface area contributed by atoms with Crippen molar-refractivity contribution in [3.63, 3.8) is 0 Å². The van der Waals surface area contributed by atoms with Crippen molar-refractivity contribution in [2.24, 2.45) is 0 Å². The molecule has 0 unspecified atom stereocenters. The van der Waals surface area contributed by atoms with Gasteiger partial charge in [0.15, 0.2) is 11.6 Å². The maximum Gasteiger partial charge on any atom is 0.254 e. The highest BCUT2D eigenvalue weighted by Crippen LogP contribution is 2.21. The third kappa shape index (κ3) is 3.54. The molecule has 1 amide bonds. The summed E-state index contributed by atoms with van der Waals surface area (Å²) in [5.74, 6) is -0.898. The van der Waals surface area contributed by atoms with E-state index in [-0.39, 0.29) is 24.4 Å². The highest BCUT2D eigenvalue weighted by molar-refractivity contribution is 5.94. The van der Waals surface area contributed by atoms with Crippen LogP contribution in [0.25, 0.3) is 0 Å². The van der Waals surface area contributed by atoms with E-state index in [1.165, 1.54) is 31.4 Å². The van der Waals surface area contributed by atoms with Crippen LogP contribution < -0.4 is 4.74 Å². The van der Waals surface area contributed by atoms with E-state index < -0.39 is 11.6 Å². The highest BCUT2D eigenvalue weighted by Gasteiger charge is 2.32. The molecule has 1 aliphatic heterocycles. The summed E-state index contributed by atoms with van der Waals surface area (Å²) in [6.07, 6.45) is -0.104. The third-order valence-electron chi connectivity index (χ3n) is 3.91. The Morgan fingerprint density at radius 3 is 2.67 bits per heavy atom. The molecule has 1 fully saturated rings. The number of carbonyl (C=O) groups is 1. The molecule has 4 nitrogen and oxygen atoms in total. The molecule has 2 aromatic rings. The normalized spacial score (nSPS) is 14.4. The topological polar surface area (TPSA) is 38.8 Å². The Kier molecular flexibility index (Phi) is 4.76. The summed E-state index contributed by atoms with van der Waals surface area (Å²) in [6, 6.07) is 10.3. The Labute approximate surface area is 138 Å². The minimum atomic E-state index is -0.435. The van der Waals surface area contributed by atoms with Crippen LogP contribution in [-0.4, -0.2) is 37.1 Å². The van der Waals surface area contributed by atoms with E-state index in [0.29, 0.717) is 24.2 Å². The maximum absolute atomic E-state index is 13.6. The molecule has 3 rings (SSSR count). The first-order valence-corrected chi connectivity index (χ1v) is 7.55. The van der Waals surface area contributed by atoms with E-state index >= 15 is 0 Å². The monoisotopic (exact) mass is 333 g/mol. The molecule has 0 radical (unpaired) electrons. The van der Waals surface area contributed by atoms with Crippen LogP contribution >= 0.6 is 0 Å². The number of hydrogen-bond donors (Lipinski definition) is 0. The van der Waals surface area contributed by atoms with Crippen molar-refractivity contribution in [2.75, 3.05) is 20.2 Å². The van der Waals surface area contributed by atoms with Gasteiger partial charge in [0.1, 0.15) is 5.82 Å². The van der Waals surface area contributed by atoms with Crippen molar-refractivity contribution < 1.29 is 23.0 Å². The van der Waals surface area contributed by atoms with Gasteiger partial charge in [0, 0.05) is 18.7 Å². The standard InChI is InChI=1S/C18H17F2NO3/c1-23-17-6-5-12(7-16(17)20)11-24-15-9-21(10-15)18(22)13-3-2-4-14(19)8-13/h2-8,15H,9-11H2,1H3. The molecule has 126 valence electrons.